The summed E-state index contributed by atoms with van der Waals surface area (Å²) in [6, 6.07) is 17.7. The summed E-state index contributed by atoms with van der Waals surface area (Å²) in [4.78, 5) is 41.1. The molecule has 33 heavy (non-hydrogen) atoms. The first-order chi connectivity index (χ1) is 15.9. The van der Waals surface area contributed by atoms with Gasteiger partial charge in [0.05, 0.1) is 12.1 Å². The van der Waals surface area contributed by atoms with Gasteiger partial charge in [0.15, 0.2) is 17.1 Å². The maximum absolute atomic E-state index is 13.0. The van der Waals surface area contributed by atoms with E-state index in [9.17, 15) is 14.4 Å². The first-order valence-corrected chi connectivity index (χ1v) is 10.7. The lowest BCUT2D eigenvalue weighted by Crippen LogP contribution is -2.21. The maximum atomic E-state index is 13.0. The number of hydrogen-bond donors (Lipinski definition) is 1. The SMILES string of the molecule is CCOC(=O)c1c(Oc2cccc(Cl)c2)c2cc(C(=O)c3ccc(Cl)cc3)ccc2[nH]c1=O. The van der Waals surface area contributed by atoms with Crippen molar-refractivity contribution in [3.8, 4) is 11.5 Å². The highest BCUT2D eigenvalue weighted by Gasteiger charge is 2.24. The van der Waals surface area contributed by atoms with Gasteiger partial charge in [-0.3, -0.25) is 9.59 Å². The number of rotatable bonds is 6. The van der Waals surface area contributed by atoms with Crippen LogP contribution >= 0.6 is 23.2 Å². The Morgan fingerprint density at radius 1 is 0.909 bits per heavy atom. The first-order valence-electron chi connectivity index (χ1n) is 9.98. The topological polar surface area (TPSA) is 85.5 Å². The molecule has 0 bridgehead atoms. The molecule has 4 aromatic rings. The lowest BCUT2D eigenvalue weighted by Gasteiger charge is -2.14. The summed E-state index contributed by atoms with van der Waals surface area (Å²) in [5.74, 6) is -0.812. The minimum atomic E-state index is -0.841. The predicted octanol–water partition coefficient (Wildman–Crippen LogP) is 6.03. The molecule has 0 fully saturated rings. The van der Waals surface area contributed by atoms with E-state index in [0.29, 0.717) is 37.8 Å². The smallest absolute Gasteiger partial charge is 0.347 e. The number of ether oxygens (including phenoxy) is 2. The molecule has 3 aromatic carbocycles. The molecule has 166 valence electrons. The van der Waals surface area contributed by atoms with E-state index in [0.717, 1.165) is 0 Å². The summed E-state index contributed by atoms with van der Waals surface area (Å²) in [6.45, 7) is 1.70. The van der Waals surface area contributed by atoms with E-state index in [-0.39, 0.29) is 23.7 Å². The molecule has 0 aliphatic rings. The van der Waals surface area contributed by atoms with Gasteiger partial charge in [0.2, 0.25) is 0 Å². The van der Waals surface area contributed by atoms with Crippen LogP contribution < -0.4 is 10.3 Å². The Kier molecular flexibility index (Phi) is 6.49. The van der Waals surface area contributed by atoms with Gasteiger partial charge in [-0.1, -0.05) is 29.3 Å². The second kappa shape index (κ2) is 9.48. The Labute approximate surface area is 198 Å². The number of benzene rings is 3. The van der Waals surface area contributed by atoms with Crippen LogP contribution in [-0.2, 0) is 4.74 Å². The number of carbonyl (C=O) groups is 2. The Bertz CT molecular complexity index is 1430. The van der Waals surface area contributed by atoms with Crippen molar-refractivity contribution < 1.29 is 19.1 Å². The van der Waals surface area contributed by atoms with Crippen molar-refractivity contribution in [2.75, 3.05) is 6.61 Å². The van der Waals surface area contributed by atoms with E-state index in [1.54, 1.807) is 73.7 Å². The van der Waals surface area contributed by atoms with Gasteiger partial charge >= 0.3 is 5.97 Å². The molecule has 0 spiro atoms. The van der Waals surface area contributed by atoms with E-state index >= 15 is 0 Å². The number of aromatic nitrogens is 1. The second-order valence-corrected chi connectivity index (χ2v) is 7.91. The van der Waals surface area contributed by atoms with Crippen molar-refractivity contribution in [2.24, 2.45) is 0 Å². The van der Waals surface area contributed by atoms with Gasteiger partial charge in [-0.15, -0.1) is 0 Å². The molecule has 0 aliphatic carbocycles. The van der Waals surface area contributed by atoms with Crippen molar-refractivity contribution in [1.29, 1.82) is 0 Å². The van der Waals surface area contributed by atoms with Crippen LogP contribution in [0.15, 0.2) is 71.5 Å². The number of H-pyrrole nitrogens is 1. The summed E-state index contributed by atoms with van der Waals surface area (Å²) in [5.41, 5.74) is 0.182. The molecule has 0 saturated heterocycles. The van der Waals surface area contributed by atoms with Gasteiger partial charge in [-0.25, -0.2) is 4.79 Å². The molecule has 1 heterocycles. The third kappa shape index (κ3) is 4.77. The van der Waals surface area contributed by atoms with E-state index in [4.69, 9.17) is 32.7 Å². The number of pyridine rings is 1. The van der Waals surface area contributed by atoms with E-state index < -0.39 is 11.5 Å². The Hall–Kier alpha value is -3.61. The largest absolute Gasteiger partial charge is 0.462 e. The van der Waals surface area contributed by atoms with Crippen molar-refractivity contribution in [1.82, 2.24) is 4.98 Å². The molecule has 8 heteroatoms. The maximum Gasteiger partial charge on any atom is 0.347 e. The third-order valence-corrected chi connectivity index (χ3v) is 5.32. The van der Waals surface area contributed by atoms with Crippen LogP contribution in [0, 0.1) is 0 Å². The number of halogens is 2. The van der Waals surface area contributed by atoms with Crippen LogP contribution in [0.25, 0.3) is 10.9 Å². The van der Waals surface area contributed by atoms with E-state index in [2.05, 4.69) is 4.98 Å². The highest BCUT2D eigenvalue weighted by Crippen LogP contribution is 2.33. The zero-order valence-electron chi connectivity index (χ0n) is 17.4. The van der Waals surface area contributed by atoms with Gasteiger partial charge in [0.1, 0.15) is 5.75 Å². The van der Waals surface area contributed by atoms with Gasteiger partial charge in [-0.2, -0.15) is 0 Å². The number of carbonyl (C=O) groups excluding carboxylic acids is 2. The lowest BCUT2D eigenvalue weighted by atomic mass is 10.0. The fourth-order valence-corrected chi connectivity index (χ4v) is 3.62. The van der Waals surface area contributed by atoms with Crippen molar-refractivity contribution in [3.05, 3.63) is 104 Å². The van der Waals surface area contributed by atoms with Crippen LogP contribution in [0.1, 0.15) is 33.2 Å². The molecule has 1 N–H and O–H groups in total. The fraction of sp³-hybridized carbons (Fsp3) is 0.0800. The molecule has 4 rings (SSSR count). The quantitative estimate of drug-likeness (QED) is 0.268. The third-order valence-electron chi connectivity index (χ3n) is 4.83. The molecule has 0 unspecified atom stereocenters. The molecule has 0 amide bonds. The van der Waals surface area contributed by atoms with Crippen LogP contribution in [0.2, 0.25) is 10.0 Å². The zero-order chi connectivity index (χ0) is 23.5. The molecule has 0 saturated carbocycles. The van der Waals surface area contributed by atoms with Crippen LogP contribution in [0.5, 0.6) is 11.5 Å². The fourth-order valence-electron chi connectivity index (χ4n) is 3.32. The van der Waals surface area contributed by atoms with Crippen molar-refractivity contribution >= 4 is 45.9 Å². The number of nitrogens with one attached hydrogen (secondary N) is 1. The zero-order valence-corrected chi connectivity index (χ0v) is 18.9. The number of hydrogen-bond acceptors (Lipinski definition) is 5. The summed E-state index contributed by atoms with van der Waals surface area (Å²) in [5, 5.41) is 1.29. The summed E-state index contributed by atoms with van der Waals surface area (Å²) in [6.07, 6.45) is 0. The van der Waals surface area contributed by atoms with Gasteiger partial charge < -0.3 is 14.5 Å². The summed E-state index contributed by atoms with van der Waals surface area (Å²) in [7, 11) is 0. The Balaban J connectivity index is 1.92. The first kappa shape index (κ1) is 22.6. The van der Waals surface area contributed by atoms with E-state index in [1.807, 2.05) is 0 Å². The van der Waals surface area contributed by atoms with Gasteiger partial charge in [0, 0.05) is 26.6 Å². The molecular weight excluding hydrogens is 465 g/mol. The van der Waals surface area contributed by atoms with Gasteiger partial charge in [-0.05, 0) is 67.6 Å². The highest BCUT2D eigenvalue weighted by molar-refractivity contribution is 6.31. The van der Waals surface area contributed by atoms with Crippen LogP contribution in [0.3, 0.4) is 0 Å². The average molecular weight is 482 g/mol. The Morgan fingerprint density at radius 2 is 1.64 bits per heavy atom. The standard InChI is InChI=1S/C25H17Cl2NO5/c1-2-32-25(31)21-23(33-18-5-3-4-17(27)13-18)19-12-15(8-11-20(19)28-24(21)30)22(29)14-6-9-16(26)10-7-14/h3-13H,2H2,1H3,(H,28,30). The monoisotopic (exact) mass is 481 g/mol. The minimum Gasteiger partial charge on any atom is -0.462 e. The molecular formula is C25H17Cl2NO5. The van der Waals surface area contributed by atoms with Crippen molar-refractivity contribution in [3.63, 3.8) is 0 Å². The number of fused-ring (bicyclic) bond motifs is 1. The number of aromatic amines is 1. The lowest BCUT2D eigenvalue weighted by molar-refractivity contribution is 0.0521. The number of ketones is 1. The van der Waals surface area contributed by atoms with Gasteiger partial charge in [0.25, 0.3) is 5.56 Å². The molecule has 6 nitrogen and oxygen atoms in total. The number of esters is 1. The highest BCUT2D eigenvalue weighted by atomic mass is 35.5. The van der Waals surface area contributed by atoms with Crippen molar-refractivity contribution in [2.45, 2.75) is 6.92 Å². The molecule has 0 atom stereocenters. The minimum absolute atomic E-state index is 0.0276. The van der Waals surface area contributed by atoms with Crippen LogP contribution in [0.4, 0.5) is 0 Å². The molecule has 1 aromatic heterocycles. The second-order valence-electron chi connectivity index (χ2n) is 7.03. The Morgan fingerprint density at radius 3 is 2.33 bits per heavy atom. The summed E-state index contributed by atoms with van der Waals surface area (Å²) < 4.78 is 11.0. The molecule has 0 aliphatic heterocycles. The van der Waals surface area contributed by atoms with Crippen LogP contribution in [-0.4, -0.2) is 23.3 Å². The summed E-state index contributed by atoms with van der Waals surface area (Å²) >= 11 is 12.0. The predicted molar refractivity (Wildman–Crippen MR) is 127 cm³/mol. The molecule has 0 radical (unpaired) electrons. The normalized spacial score (nSPS) is 10.8. The van der Waals surface area contributed by atoms with E-state index in [1.165, 1.54) is 0 Å². The average Bonchev–Trinajstić information content (AvgIpc) is 2.79.